The van der Waals surface area contributed by atoms with E-state index in [0.29, 0.717) is 5.69 Å². The van der Waals surface area contributed by atoms with E-state index in [1.165, 1.54) is 0 Å². The standard InChI is InChI=1S/C10H14BrNO/c1-10(2,3)6-4-8(12)9(13)5-7(6)11/h4-5,13H,12H2,1-3H3. The average molecular weight is 244 g/mol. The summed E-state index contributed by atoms with van der Waals surface area (Å²) in [5.74, 6) is 0.125. The second-order valence-electron chi connectivity index (χ2n) is 4.14. The Kier molecular flexibility index (Phi) is 2.57. The van der Waals surface area contributed by atoms with Gasteiger partial charge >= 0.3 is 0 Å². The van der Waals surface area contributed by atoms with Crippen molar-refractivity contribution in [3.8, 4) is 5.75 Å². The number of benzene rings is 1. The van der Waals surface area contributed by atoms with Gasteiger partial charge in [-0.05, 0) is 23.1 Å². The molecule has 0 unspecified atom stereocenters. The van der Waals surface area contributed by atoms with Crippen LogP contribution in [0.5, 0.6) is 5.75 Å². The number of hydrogen-bond donors (Lipinski definition) is 2. The molecule has 0 aromatic heterocycles. The van der Waals surface area contributed by atoms with Crippen LogP contribution in [0.15, 0.2) is 16.6 Å². The SMILES string of the molecule is CC(C)(C)c1cc(N)c(O)cc1Br. The van der Waals surface area contributed by atoms with Crippen LogP contribution in [-0.2, 0) is 5.41 Å². The first kappa shape index (κ1) is 10.4. The van der Waals surface area contributed by atoms with Crippen LogP contribution in [0, 0.1) is 0 Å². The molecule has 0 heterocycles. The van der Waals surface area contributed by atoms with Crippen molar-refractivity contribution in [3.05, 3.63) is 22.2 Å². The van der Waals surface area contributed by atoms with Gasteiger partial charge in [0.25, 0.3) is 0 Å². The van der Waals surface area contributed by atoms with Gasteiger partial charge < -0.3 is 10.8 Å². The third kappa shape index (κ3) is 2.15. The van der Waals surface area contributed by atoms with Crippen LogP contribution in [0.4, 0.5) is 5.69 Å². The Balaban J connectivity index is 3.32. The molecule has 0 bridgehead atoms. The lowest BCUT2D eigenvalue weighted by Gasteiger charge is -2.21. The van der Waals surface area contributed by atoms with E-state index in [2.05, 4.69) is 36.7 Å². The fraction of sp³-hybridized carbons (Fsp3) is 0.400. The molecule has 0 aliphatic rings. The fourth-order valence-electron chi connectivity index (χ4n) is 1.15. The van der Waals surface area contributed by atoms with E-state index in [-0.39, 0.29) is 11.2 Å². The molecule has 3 N–H and O–H groups in total. The monoisotopic (exact) mass is 243 g/mol. The molecule has 2 nitrogen and oxygen atoms in total. The lowest BCUT2D eigenvalue weighted by atomic mass is 9.87. The Bertz CT molecular complexity index is 328. The minimum atomic E-state index is 0.0284. The number of nitrogen functional groups attached to an aromatic ring is 1. The van der Waals surface area contributed by atoms with Gasteiger partial charge in [0, 0.05) is 4.47 Å². The number of halogens is 1. The molecule has 0 atom stereocenters. The number of aromatic hydroxyl groups is 1. The maximum atomic E-state index is 9.34. The molecule has 0 radical (unpaired) electrons. The van der Waals surface area contributed by atoms with Crippen LogP contribution in [-0.4, -0.2) is 5.11 Å². The third-order valence-corrected chi connectivity index (χ3v) is 2.58. The van der Waals surface area contributed by atoms with Gasteiger partial charge in [0.1, 0.15) is 5.75 Å². The first-order valence-electron chi connectivity index (χ1n) is 4.11. The van der Waals surface area contributed by atoms with Gasteiger partial charge in [0.15, 0.2) is 0 Å². The largest absolute Gasteiger partial charge is 0.506 e. The summed E-state index contributed by atoms with van der Waals surface area (Å²) >= 11 is 3.40. The number of phenolic OH excluding ortho intramolecular Hbond substituents is 1. The zero-order chi connectivity index (χ0) is 10.2. The third-order valence-electron chi connectivity index (χ3n) is 1.92. The van der Waals surface area contributed by atoms with Crippen molar-refractivity contribution in [1.82, 2.24) is 0 Å². The van der Waals surface area contributed by atoms with Gasteiger partial charge in [-0.2, -0.15) is 0 Å². The molecule has 0 amide bonds. The maximum Gasteiger partial charge on any atom is 0.139 e. The highest BCUT2D eigenvalue weighted by Crippen LogP contribution is 2.35. The highest BCUT2D eigenvalue weighted by atomic mass is 79.9. The van der Waals surface area contributed by atoms with Gasteiger partial charge in [-0.25, -0.2) is 0 Å². The molecule has 0 spiro atoms. The van der Waals surface area contributed by atoms with E-state index in [0.717, 1.165) is 10.0 Å². The van der Waals surface area contributed by atoms with E-state index in [4.69, 9.17) is 5.73 Å². The van der Waals surface area contributed by atoms with Crippen molar-refractivity contribution in [3.63, 3.8) is 0 Å². The average Bonchev–Trinajstić information content (AvgIpc) is 1.94. The van der Waals surface area contributed by atoms with Gasteiger partial charge in [0.2, 0.25) is 0 Å². The Labute approximate surface area is 86.9 Å². The summed E-state index contributed by atoms with van der Waals surface area (Å²) in [6.45, 7) is 6.30. The van der Waals surface area contributed by atoms with Crippen LogP contribution in [0.25, 0.3) is 0 Å². The number of rotatable bonds is 0. The molecular formula is C10H14BrNO. The van der Waals surface area contributed by atoms with Gasteiger partial charge in [0.05, 0.1) is 5.69 Å². The summed E-state index contributed by atoms with van der Waals surface area (Å²) in [7, 11) is 0. The molecule has 1 aromatic rings. The zero-order valence-electron chi connectivity index (χ0n) is 8.06. The zero-order valence-corrected chi connectivity index (χ0v) is 9.64. The predicted octanol–water partition coefficient (Wildman–Crippen LogP) is 3.03. The summed E-state index contributed by atoms with van der Waals surface area (Å²) in [5, 5.41) is 9.34. The normalized spacial score (nSPS) is 11.7. The van der Waals surface area contributed by atoms with E-state index in [1.54, 1.807) is 12.1 Å². The van der Waals surface area contributed by atoms with Gasteiger partial charge in [-0.15, -0.1) is 0 Å². The van der Waals surface area contributed by atoms with Crippen molar-refractivity contribution in [2.24, 2.45) is 0 Å². The molecule has 0 saturated heterocycles. The number of phenols is 1. The molecule has 3 heteroatoms. The molecule has 1 rings (SSSR count). The topological polar surface area (TPSA) is 46.2 Å². The summed E-state index contributed by atoms with van der Waals surface area (Å²) in [5.41, 5.74) is 7.17. The molecule has 0 saturated carbocycles. The van der Waals surface area contributed by atoms with Crippen molar-refractivity contribution in [2.75, 3.05) is 5.73 Å². The molecular weight excluding hydrogens is 230 g/mol. The van der Waals surface area contributed by atoms with Crippen molar-refractivity contribution in [2.45, 2.75) is 26.2 Å². The Morgan fingerprint density at radius 2 is 1.85 bits per heavy atom. The van der Waals surface area contributed by atoms with Gasteiger partial charge in [-0.3, -0.25) is 0 Å². The molecule has 0 aliphatic carbocycles. The number of nitrogens with two attached hydrogens (primary N) is 1. The summed E-state index contributed by atoms with van der Waals surface area (Å²) in [4.78, 5) is 0. The second-order valence-corrected chi connectivity index (χ2v) is 5.00. The lowest BCUT2D eigenvalue weighted by Crippen LogP contribution is -2.12. The smallest absolute Gasteiger partial charge is 0.139 e. The lowest BCUT2D eigenvalue weighted by molar-refractivity contribution is 0.476. The Hall–Kier alpha value is -0.700. The quantitative estimate of drug-likeness (QED) is 0.544. The van der Waals surface area contributed by atoms with E-state index < -0.39 is 0 Å². The van der Waals surface area contributed by atoms with Crippen LogP contribution in [0.1, 0.15) is 26.3 Å². The molecule has 72 valence electrons. The van der Waals surface area contributed by atoms with Crippen LogP contribution in [0.2, 0.25) is 0 Å². The first-order chi connectivity index (χ1) is 5.82. The molecule has 1 aromatic carbocycles. The predicted molar refractivity (Wildman–Crippen MR) is 58.9 cm³/mol. The molecule has 13 heavy (non-hydrogen) atoms. The van der Waals surface area contributed by atoms with Crippen molar-refractivity contribution in [1.29, 1.82) is 0 Å². The van der Waals surface area contributed by atoms with E-state index in [1.807, 2.05) is 0 Å². The van der Waals surface area contributed by atoms with Crippen molar-refractivity contribution < 1.29 is 5.11 Å². The minimum Gasteiger partial charge on any atom is -0.506 e. The van der Waals surface area contributed by atoms with E-state index >= 15 is 0 Å². The maximum absolute atomic E-state index is 9.34. The highest BCUT2D eigenvalue weighted by Gasteiger charge is 2.18. The number of anilines is 1. The first-order valence-corrected chi connectivity index (χ1v) is 4.90. The van der Waals surface area contributed by atoms with Crippen molar-refractivity contribution >= 4 is 21.6 Å². The summed E-state index contributed by atoms with van der Waals surface area (Å²) in [6.07, 6.45) is 0. The number of hydrogen-bond acceptors (Lipinski definition) is 2. The summed E-state index contributed by atoms with van der Waals surface area (Å²) in [6, 6.07) is 3.44. The van der Waals surface area contributed by atoms with E-state index in [9.17, 15) is 5.11 Å². The van der Waals surface area contributed by atoms with Crippen LogP contribution in [0.3, 0.4) is 0 Å². The van der Waals surface area contributed by atoms with Crippen LogP contribution < -0.4 is 5.73 Å². The summed E-state index contributed by atoms with van der Waals surface area (Å²) < 4.78 is 0.895. The van der Waals surface area contributed by atoms with Crippen LogP contribution >= 0.6 is 15.9 Å². The highest BCUT2D eigenvalue weighted by molar-refractivity contribution is 9.10. The fourth-order valence-corrected chi connectivity index (χ4v) is 2.08. The molecule has 0 fully saturated rings. The minimum absolute atomic E-state index is 0.0284. The Morgan fingerprint density at radius 1 is 1.31 bits per heavy atom. The molecule has 0 aliphatic heterocycles. The second kappa shape index (κ2) is 3.22. The Morgan fingerprint density at radius 3 is 2.31 bits per heavy atom. The van der Waals surface area contributed by atoms with Gasteiger partial charge in [-0.1, -0.05) is 36.7 Å².